The largest absolute Gasteiger partial charge is 0.354 e. The van der Waals surface area contributed by atoms with Crippen LogP contribution in [0.15, 0.2) is 77.7 Å². The van der Waals surface area contributed by atoms with Crippen molar-refractivity contribution in [2.75, 3.05) is 17.4 Å². The van der Waals surface area contributed by atoms with Crippen molar-refractivity contribution < 1.29 is 22.4 Å². The molecule has 0 saturated heterocycles. The minimum atomic E-state index is -4.32. The van der Waals surface area contributed by atoms with Crippen LogP contribution in [0.25, 0.3) is 0 Å². The van der Waals surface area contributed by atoms with Crippen molar-refractivity contribution in [2.45, 2.75) is 58.0 Å². The van der Waals surface area contributed by atoms with Gasteiger partial charge >= 0.3 is 0 Å². The Hall–Kier alpha value is -3.72. The Labute approximate surface area is 230 Å². The number of amides is 2. The zero-order valence-corrected chi connectivity index (χ0v) is 23.7. The Balaban J connectivity index is 2.05. The lowest BCUT2D eigenvalue weighted by atomic mass is 10.1. The van der Waals surface area contributed by atoms with Gasteiger partial charge in [0.15, 0.2) is 0 Å². The second kappa shape index (κ2) is 13.4. The molecule has 1 N–H and O–H groups in total. The number of halogens is 1. The maximum atomic E-state index is 15.0. The van der Waals surface area contributed by atoms with Crippen LogP contribution < -0.4 is 9.62 Å². The third-order valence-electron chi connectivity index (χ3n) is 6.42. The molecule has 208 valence electrons. The number of carbonyl (C=O) groups is 2. The summed E-state index contributed by atoms with van der Waals surface area (Å²) in [6, 6.07) is 18.3. The van der Waals surface area contributed by atoms with Gasteiger partial charge in [-0.25, -0.2) is 12.8 Å². The maximum absolute atomic E-state index is 15.0. The van der Waals surface area contributed by atoms with Gasteiger partial charge in [-0.3, -0.25) is 13.9 Å². The van der Waals surface area contributed by atoms with Crippen LogP contribution in [0.3, 0.4) is 0 Å². The second-order valence-corrected chi connectivity index (χ2v) is 11.4. The van der Waals surface area contributed by atoms with Gasteiger partial charge in [-0.2, -0.15) is 0 Å². The molecule has 0 saturated carbocycles. The number of benzene rings is 3. The molecule has 1 atom stereocenters. The highest BCUT2D eigenvalue weighted by molar-refractivity contribution is 7.92. The van der Waals surface area contributed by atoms with Crippen LogP contribution in [-0.4, -0.2) is 44.3 Å². The quantitative estimate of drug-likeness (QED) is 0.343. The number of sulfonamides is 1. The van der Waals surface area contributed by atoms with Crippen molar-refractivity contribution in [1.82, 2.24) is 10.2 Å². The molecule has 2 amide bonds. The first-order valence-electron chi connectivity index (χ1n) is 13.0. The topological polar surface area (TPSA) is 86.8 Å². The molecule has 0 aliphatic rings. The fraction of sp³-hybridized carbons (Fsp3) is 0.333. The van der Waals surface area contributed by atoms with Crippen molar-refractivity contribution in [3.05, 3.63) is 95.3 Å². The van der Waals surface area contributed by atoms with Crippen LogP contribution in [0.4, 0.5) is 10.1 Å². The van der Waals surface area contributed by atoms with Crippen molar-refractivity contribution in [3.8, 4) is 0 Å². The van der Waals surface area contributed by atoms with Gasteiger partial charge < -0.3 is 10.2 Å². The molecule has 0 fully saturated rings. The van der Waals surface area contributed by atoms with E-state index in [0.717, 1.165) is 33.5 Å². The molecule has 0 radical (unpaired) electrons. The van der Waals surface area contributed by atoms with E-state index in [1.165, 1.54) is 35.2 Å². The van der Waals surface area contributed by atoms with Crippen molar-refractivity contribution in [1.29, 1.82) is 0 Å². The number of hydrogen-bond donors (Lipinski definition) is 1. The predicted octanol–water partition coefficient (Wildman–Crippen LogP) is 4.97. The molecule has 3 aromatic carbocycles. The molecule has 3 rings (SSSR count). The van der Waals surface area contributed by atoms with Gasteiger partial charge in [0, 0.05) is 13.1 Å². The smallest absolute Gasteiger partial charge is 0.264 e. The number of hydrogen-bond acceptors (Lipinski definition) is 4. The Morgan fingerprint density at radius 1 is 0.897 bits per heavy atom. The predicted molar refractivity (Wildman–Crippen MR) is 151 cm³/mol. The SMILES string of the molecule is CCCNC(=O)C(CC)N(Cc1ccc(C)cc1)C(=O)CN(c1ccccc1F)S(=O)(=O)c1ccc(C)cc1. The monoisotopic (exact) mass is 553 g/mol. The molecule has 0 heterocycles. The number of nitrogens with zero attached hydrogens (tertiary/aromatic N) is 2. The number of para-hydroxylation sites is 1. The molecule has 0 bridgehead atoms. The summed E-state index contributed by atoms with van der Waals surface area (Å²) in [5, 5.41) is 2.84. The van der Waals surface area contributed by atoms with Crippen molar-refractivity contribution in [2.24, 2.45) is 0 Å². The van der Waals surface area contributed by atoms with Gasteiger partial charge in [-0.1, -0.05) is 73.5 Å². The van der Waals surface area contributed by atoms with Gasteiger partial charge in [0.2, 0.25) is 11.8 Å². The summed E-state index contributed by atoms with van der Waals surface area (Å²) < 4.78 is 43.3. The van der Waals surface area contributed by atoms with Crippen LogP contribution in [0, 0.1) is 19.7 Å². The summed E-state index contributed by atoms with van der Waals surface area (Å²) in [4.78, 5) is 28.3. The Morgan fingerprint density at radius 3 is 2.05 bits per heavy atom. The van der Waals surface area contributed by atoms with Crippen LogP contribution in [0.2, 0.25) is 0 Å². The average molecular weight is 554 g/mol. The summed E-state index contributed by atoms with van der Waals surface area (Å²) in [5.41, 5.74) is 2.44. The van der Waals surface area contributed by atoms with E-state index >= 15 is 0 Å². The van der Waals surface area contributed by atoms with E-state index in [2.05, 4.69) is 5.32 Å². The number of anilines is 1. The summed E-state index contributed by atoms with van der Waals surface area (Å²) in [7, 11) is -4.32. The van der Waals surface area contributed by atoms with E-state index in [0.29, 0.717) is 13.0 Å². The second-order valence-electron chi connectivity index (χ2n) is 9.50. The van der Waals surface area contributed by atoms with E-state index in [4.69, 9.17) is 0 Å². The molecule has 3 aromatic rings. The maximum Gasteiger partial charge on any atom is 0.264 e. The molecular formula is C30H36FN3O4S. The molecule has 1 unspecified atom stereocenters. The highest BCUT2D eigenvalue weighted by Crippen LogP contribution is 2.27. The molecule has 0 spiro atoms. The fourth-order valence-corrected chi connectivity index (χ4v) is 5.60. The van der Waals surface area contributed by atoms with E-state index in [1.54, 1.807) is 19.1 Å². The zero-order valence-electron chi connectivity index (χ0n) is 22.9. The third kappa shape index (κ3) is 7.44. The molecule has 39 heavy (non-hydrogen) atoms. The third-order valence-corrected chi connectivity index (χ3v) is 8.19. The van der Waals surface area contributed by atoms with Gasteiger partial charge in [0.1, 0.15) is 18.4 Å². The highest BCUT2D eigenvalue weighted by atomic mass is 32.2. The van der Waals surface area contributed by atoms with Crippen LogP contribution in [0.1, 0.15) is 43.4 Å². The summed E-state index contributed by atoms with van der Waals surface area (Å²) >= 11 is 0. The van der Waals surface area contributed by atoms with Gasteiger partial charge in [-0.15, -0.1) is 0 Å². The van der Waals surface area contributed by atoms with Crippen LogP contribution >= 0.6 is 0 Å². The lowest BCUT2D eigenvalue weighted by molar-refractivity contribution is -0.140. The Bertz CT molecular complexity index is 1380. The Morgan fingerprint density at radius 2 is 1.49 bits per heavy atom. The summed E-state index contributed by atoms with van der Waals surface area (Å²) in [6.07, 6.45) is 1.04. The first-order valence-corrected chi connectivity index (χ1v) is 14.5. The van der Waals surface area contributed by atoms with E-state index in [-0.39, 0.29) is 23.0 Å². The normalized spacial score (nSPS) is 12.0. The molecule has 7 nitrogen and oxygen atoms in total. The highest BCUT2D eigenvalue weighted by Gasteiger charge is 2.34. The van der Waals surface area contributed by atoms with E-state index in [9.17, 15) is 22.4 Å². The van der Waals surface area contributed by atoms with Gasteiger partial charge in [-0.05, 0) is 56.5 Å². The van der Waals surface area contributed by atoms with E-state index < -0.39 is 34.3 Å². The number of carbonyl (C=O) groups excluding carboxylic acids is 2. The minimum Gasteiger partial charge on any atom is -0.354 e. The molecule has 9 heteroatoms. The molecule has 0 aliphatic carbocycles. The Kier molecular flexibility index (Phi) is 10.2. The summed E-state index contributed by atoms with van der Waals surface area (Å²) in [6.45, 7) is 7.36. The standard InChI is InChI=1S/C30H36FN3O4S/c1-5-19-32-30(36)27(6-2)33(20-24-15-11-22(3)12-16-24)29(35)21-34(28-10-8-7-9-26(28)31)39(37,38)25-17-13-23(4)14-18-25/h7-18,27H,5-6,19-21H2,1-4H3,(H,32,36). The number of nitrogens with one attached hydrogen (secondary N) is 1. The summed E-state index contributed by atoms with van der Waals surface area (Å²) in [5.74, 6) is -1.72. The zero-order chi connectivity index (χ0) is 28.6. The molecule has 0 aromatic heterocycles. The fourth-order valence-electron chi connectivity index (χ4n) is 4.18. The minimum absolute atomic E-state index is 0.0676. The van der Waals surface area contributed by atoms with Gasteiger partial charge in [0.25, 0.3) is 10.0 Å². The van der Waals surface area contributed by atoms with E-state index in [1.807, 2.05) is 45.0 Å². The average Bonchev–Trinajstić information content (AvgIpc) is 2.92. The van der Waals surface area contributed by atoms with Crippen LogP contribution in [-0.2, 0) is 26.2 Å². The number of rotatable bonds is 12. The lowest BCUT2D eigenvalue weighted by Crippen LogP contribution is -2.52. The number of aryl methyl sites for hydroxylation is 2. The lowest BCUT2D eigenvalue weighted by Gasteiger charge is -2.33. The van der Waals surface area contributed by atoms with Crippen molar-refractivity contribution >= 4 is 27.5 Å². The molecular weight excluding hydrogens is 517 g/mol. The van der Waals surface area contributed by atoms with Crippen LogP contribution in [0.5, 0.6) is 0 Å². The first kappa shape index (κ1) is 29.8. The molecule has 0 aliphatic heterocycles. The first-order chi connectivity index (χ1) is 18.6. The van der Waals surface area contributed by atoms with Gasteiger partial charge in [0.05, 0.1) is 10.6 Å². The van der Waals surface area contributed by atoms with Crippen molar-refractivity contribution in [3.63, 3.8) is 0 Å².